The van der Waals surface area contributed by atoms with E-state index >= 15 is 0 Å². The average Bonchev–Trinajstić information content (AvgIpc) is 3.06. The molecule has 0 aliphatic carbocycles. The maximum absolute atomic E-state index is 6.17. The molecule has 0 aliphatic heterocycles. The van der Waals surface area contributed by atoms with Crippen LogP contribution in [0.3, 0.4) is 0 Å². The molecule has 1 atom stereocenters. The zero-order valence-electron chi connectivity index (χ0n) is 14.4. The molecule has 4 nitrogen and oxygen atoms in total. The van der Waals surface area contributed by atoms with Crippen molar-refractivity contribution in [2.24, 2.45) is 0 Å². The lowest BCUT2D eigenvalue weighted by molar-refractivity contribution is 0.910. The first-order chi connectivity index (χ1) is 12.6. The van der Waals surface area contributed by atoms with Crippen molar-refractivity contribution in [2.45, 2.75) is 19.3 Å². The van der Waals surface area contributed by atoms with Gasteiger partial charge in [0.15, 0.2) is 0 Å². The normalized spacial score (nSPS) is 12.4. The Hall–Kier alpha value is -2.85. The van der Waals surface area contributed by atoms with Crippen molar-refractivity contribution < 1.29 is 0 Å². The Morgan fingerprint density at radius 1 is 1.15 bits per heavy atom. The quantitative estimate of drug-likeness (QED) is 0.540. The molecule has 3 aromatic heterocycles. The van der Waals surface area contributed by atoms with E-state index in [0.29, 0.717) is 5.82 Å². The van der Waals surface area contributed by atoms with E-state index in [1.807, 2.05) is 42.7 Å². The van der Waals surface area contributed by atoms with E-state index < -0.39 is 0 Å². The van der Waals surface area contributed by atoms with Crippen molar-refractivity contribution in [3.63, 3.8) is 0 Å². The largest absolute Gasteiger partial charge is 0.383 e. The molecule has 0 amide bonds. The highest BCUT2D eigenvalue weighted by atomic mass is 35.5. The van der Waals surface area contributed by atoms with E-state index in [9.17, 15) is 0 Å². The highest BCUT2D eigenvalue weighted by Gasteiger charge is 2.14. The number of hydrogen-bond donors (Lipinski definition) is 2. The number of aromatic amines is 1. The molecular formula is C21H19ClN4. The molecule has 130 valence electrons. The predicted octanol–water partition coefficient (Wildman–Crippen LogP) is 4.94. The highest BCUT2D eigenvalue weighted by Crippen LogP contribution is 2.30. The summed E-state index contributed by atoms with van der Waals surface area (Å²) in [6, 6.07) is 14.1. The predicted molar refractivity (Wildman–Crippen MR) is 107 cm³/mol. The van der Waals surface area contributed by atoms with Crippen molar-refractivity contribution in [1.82, 2.24) is 15.0 Å². The lowest BCUT2D eigenvalue weighted by atomic mass is 9.92. The fraction of sp³-hybridized carbons (Fsp3) is 0.143. The van der Waals surface area contributed by atoms with Gasteiger partial charge in [-0.05, 0) is 47.0 Å². The number of nitrogens with zero attached hydrogens (tertiary/aromatic N) is 2. The van der Waals surface area contributed by atoms with Crippen molar-refractivity contribution in [1.29, 1.82) is 0 Å². The van der Waals surface area contributed by atoms with Crippen LogP contribution in [0.15, 0.2) is 61.1 Å². The summed E-state index contributed by atoms with van der Waals surface area (Å²) in [5, 5.41) is 1.87. The van der Waals surface area contributed by atoms with E-state index in [0.717, 1.165) is 39.2 Å². The maximum atomic E-state index is 6.17. The standard InChI is InChI=1S/C21H19ClN4/c1-13(15-4-6-17(22)7-5-15)19-10-14(11-25-20(19)23)9-16-12-26-21-18(16)3-2-8-24-21/h2-8,10-13H,9H2,1H3,(H2,23,25)(H,24,26)/t13-/m0/s1. The molecule has 0 bridgehead atoms. The fourth-order valence-corrected chi connectivity index (χ4v) is 3.42. The van der Waals surface area contributed by atoms with Crippen molar-refractivity contribution >= 4 is 28.5 Å². The van der Waals surface area contributed by atoms with E-state index in [4.69, 9.17) is 17.3 Å². The Morgan fingerprint density at radius 3 is 2.77 bits per heavy atom. The number of pyridine rings is 2. The first-order valence-electron chi connectivity index (χ1n) is 8.52. The topological polar surface area (TPSA) is 67.6 Å². The van der Waals surface area contributed by atoms with E-state index in [1.165, 1.54) is 5.56 Å². The van der Waals surface area contributed by atoms with Crippen LogP contribution in [0.2, 0.25) is 5.02 Å². The first-order valence-corrected chi connectivity index (χ1v) is 8.90. The van der Waals surface area contributed by atoms with Crippen molar-refractivity contribution in [2.75, 3.05) is 5.73 Å². The van der Waals surface area contributed by atoms with Crippen LogP contribution in [0, 0.1) is 0 Å². The summed E-state index contributed by atoms with van der Waals surface area (Å²) < 4.78 is 0. The number of rotatable bonds is 4. The van der Waals surface area contributed by atoms with Crippen LogP contribution in [-0.4, -0.2) is 15.0 Å². The van der Waals surface area contributed by atoms with E-state index in [2.05, 4.69) is 34.0 Å². The van der Waals surface area contributed by atoms with Gasteiger partial charge < -0.3 is 10.7 Å². The van der Waals surface area contributed by atoms with Crippen LogP contribution in [0.1, 0.15) is 35.1 Å². The lowest BCUT2D eigenvalue weighted by Gasteiger charge is -2.16. The minimum Gasteiger partial charge on any atom is -0.383 e. The maximum Gasteiger partial charge on any atom is 0.137 e. The third-order valence-corrected chi connectivity index (χ3v) is 5.03. The number of nitrogen functional groups attached to an aromatic ring is 1. The molecule has 4 aromatic rings. The zero-order valence-corrected chi connectivity index (χ0v) is 15.2. The van der Waals surface area contributed by atoms with Crippen LogP contribution < -0.4 is 5.73 Å². The third-order valence-electron chi connectivity index (χ3n) is 4.77. The van der Waals surface area contributed by atoms with Gasteiger partial charge in [0, 0.05) is 46.9 Å². The second kappa shape index (κ2) is 6.81. The zero-order chi connectivity index (χ0) is 18.1. The van der Waals surface area contributed by atoms with Gasteiger partial charge >= 0.3 is 0 Å². The number of H-pyrrole nitrogens is 1. The number of hydrogen-bond acceptors (Lipinski definition) is 3. The second-order valence-corrected chi connectivity index (χ2v) is 6.92. The van der Waals surface area contributed by atoms with Gasteiger partial charge in [0.25, 0.3) is 0 Å². The first kappa shape index (κ1) is 16.6. The number of anilines is 1. The molecule has 26 heavy (non-hydrogen) atoms. The summed E-state index contributed by atoms with van der Waals surface area (Å²) >= 11 is 6.00. The van der Waals surface area contributed by atoms with Crippen LogP contribution in [0.4, 0.5) is 5.82 Å². The molecule has 4 rings (SSSR count). The molecule has 0 unspecified atom stereocenters. The monoisotopic (exact) mass is 362 g/mol. The molecular weight excluding hydrogens is 344 g/mol. The van der Waals surface area contributed by atoms with Gasteiger partial charge in [0.2, 0.25) is 0 Å². The molecule has 3 N–H and O–H groups in total. The van der Waals surface area contributed by atoms with Gasteiger partial charge in [-0.3, -0.25) is 0 Å². The number of aromatic nitrogens is 3. The van der Waals surface area contributed by atoms with Crippen LogP contribution in [0.5, 0.6) is 0 Å². The minimum absolute atomic E-state index is 0.143. The summed E-state index contributed by atoms with van der Waals surface area (Å²) in [7, 11) is 0. The van der Waals surface area contributed by atoms with E-state index in [1.54, 1.807) is 6.20 Å². The van der Waals surface area contributed by atoms with Crippen molar-refractivity contribution in [3.05, 3.63) is 88.3 Å². The molecule has 0 spiro atoms. The molecule has 0 radical (unpaired) electrons. The SMILES string of the molecule is C[C@@H](c1ccc(Cl)cc1)c1cc(Cc2c[nH]c3ncccc23)cnc1N. The van der Waals surface area contributed by atoms with Gasteiger partial charge in [0.05, 0.1) is 0 Å². The second-order valence-electron chi connectivity index (χ2n) is 6.48. The molecule has 0 saturated heterocycles. The Balaban J connectivity index is 1.66. The fourth-order valence-electron chi connectivity index (χ4n) is 3.29. The highest BCUT2D eigenvalue weighted by molar-refractivity contribution is 6.30. The Kier molecular flexibility index (Phi) is 4.35. The van der Waals surface area contributed by atoms with Gasteiger partial charge in [-0.15, -0.1) is 0 Å². The van der Waals surface area contributed by atoms with Gasteiger partial charge in [-0.2, -0.15) is 0 Å². The molecule has 0 fully saturated rings. The number of nitrogens with one attached hydrogen (secondary N) is 1. The molecule has 5 heteroatoms. The number of fused-ring (bicyclic) bond motifs is 1. The summed E-state index contributed by atoms with van der Waals surface area (Å²) in [5.41, 5.74) is 11.6. The Morgan fingerprint density at radius 2 is 1.96 bits per heavy atom. The molecule has 1 aromatic carbocycles. The molecule has 3 heterocycles. The summed E-state index contributed by atoms with van der Waals surface area (Å²) in [6.45, 7) is 2.13. The van der Waals surface area contributed by atoms with E-state index in [-0.39, 0.29) is 5.92 Å². The summed E-state index contributed by atoms with van der Waals surface area (Å²) in [5.74, 6) is 0.709. The number of benzene rings is 1. The summed E-state index contributed by atoms with van der Waals surface area (Å²) in [6.07, 6.45) is 6.43. The van der Waals surface area contributed by atoms with Gasteiger partial charge in [-0.1, -0.05) is 30.7 Å². The van der Waals surface area contributed by atoms with Gasteiger partial charge in [-0.25, -0.2) is 9.97 Å². The Labute approximate surface area is 157 Å². The third kappa shape index (κ3) is 3.16. The van der Waals surface area contributed by atoms with Crippen molar-refractivity contribution in [3.8, 4) is 0 Å². The van der Waals surface area contributed by atoms with Crippen LogP contribution in [-0.2, 0) is 6.42 Å². The summed E-state index contributed by atoms with van der Waals surface area (Å²) in [4.78, 5) is 12.0. The molecule has 0 saturated carbocycles. The van der Waals surface area contributed by atoms with Gasteiger partial charge in [0.1, 0.15) is 11.5 Å². The smallest absolute Gasteiger partial charge is 0.137 e. The lowest BCUT2D eigenvalue weighted by Crippen LogP contribution is -2.05. The average molecular weight is 363 g/mol. The molecule has 0 aliphatic rings. The minimum atomic E-state index is 0.143. The number of halogens is 1. The van der Waals surface area contributed by atoms with Crippen LogP contribution in [0.25, 0.3) is 11.0 Å². The Bertz CT molecular complexity index is 1050. The number of nitrogens with two attached hydrogens (primary N) is 1. The van der Waals surface area contributed by atoms with Crippen LogP contribution >= 0.6 is 11.6 Å².